The van der Waals surface area contributed by atoms with E-state index in [9.17, 15) is 4.79 Å². The molecule has 16 heavy (non-hydrogen) atoms. The Morgan fingerprint density at radius 1 is 1.50 bits per heavy atom. The van der Waals surface area contributed by atoms with Crippen molar-refractivity contribution in [1.82, 2.24) is 9.97 Å². The molecule has 5 nitrogen and oxygen atoms in total. The number of aromatic nitrogens is 2. The number of fused-ring (bicyclic) bond motifs is 1. The van der Waals surface area contributed by atoms with Gasteiger partial charge in [0.05, 0.1) is 11.7 Å². The van der Waals surface area contributed by atoms with E-state index in [0.717, 1.165) is 16.5 Å². The molecule has 0 aliphatic heterocycles. The third-order valence-corrected chi connectivity index (χ3v) is 2.32. The maximum Gasteiger partial charge on any atom is 0.320 e. The Bertz CT molecular complexity index is 527. The molecule has 0 bridgehead atoms. The second-order valence-electron chi connectivity index (χ2n) is 3.56. The van der Waals surface area contributed by atoms with Gasteiger partial charge in [0.1, 0.15) is 6.04 Å². The van der Waals surface area contributed by atoms with Crippen LogP contribution in [-0.4, -0.2) is 27.1 Å². The van der Waals surface area contributed by atoms with Crippen LogP contribution in [-0.2, 0) is 11.2 Å². The number of nitrogens with zero attached hydrogens (tertiary/aromatic N) is 2. The Kier molecular flexibility index (Phi) is 2.78. The van der Waals surface area contributed by atoms with Crippen LogP contribution in [0.5, 0.6) is 0 Å². The molecule has 0 aliphatic carbocycles. The van der Waals surface area contributed by atoms with Crippen LogP contribution in [0.25, 0.3) is 10.9 Å². The van der Waals surface area contributed by atoms with E-state index in [1.807, 2.05) is 12.1 Å². The molecule has 2 aromatic rings. The molecule has 0 aromatic carbocycles. The third kappa shape index (κ3) is 2.14. The summed E-state index contributed by atoms with van der Waals surface area (Å²) in [5, 5.41) is 9.64. The molecule has 82 valence electrons. The Labute approximate surface area is 91.9 Å². The first-order chi connectivity index (χ1) is 7.66. The van der Waals surface area contributed by atoms with Gasteiger partial charge in [0.25, 0.3) is 0 Å². The topological polar surface area (TPSA) is 89.1 Å². The molecule has 0 saturated carbocycles. The Balaban J connectivity index is 2.29. The van der Waals surface area contributed by atoms with Crippen LogP contribution in [0.1, 0.15) is 5.56 Å². The van der Waals surface area contributed by atoms with Gasteiger partial charge in [-0.3, -0.25) is 14.8 Å². The monoisotopic (exact) mass is 217 g/mol. The van der Waals surface area contributed by atoms with Crippen molar-refractivity contribution in [1.29, 1.82) is 0 Å². The summed E-state index contributed by atoms with van der Waals surface area (Å²) >= 11 is 0. The lowest BCUT2D eigenvalue weighted by Gasteiger charge is -2.06. The van der Waals surface area contributed by atoms with Crippen molar-refractivity contribution in [3.8, 4) is 0 Å². The smallest absolute Gasteiger partial charge is 0.320 e. The lowest BCUT2D eigenvalue weighted by molar-refractivity contribution is -0.138. The molecular weight excluding hydrogens is 206 g/mol. The first-order valence-electron chi connectivity index (χ1n) is 4.84. The van der Waals surface area contributed by atoms with E-state index in [2.05, 4.69) is 9.97 Å². The van der Waals surface area contributed by atoms with Crippen LogP contribution >= 0.6 is 0 Å². The summed E-state index contributed by atoms with van der Waals surface area (Å²) in [6, 6.07) is 2.83. The standard InChI is InChI=1S/C11H11N3O2/c12-9(11(15)16)4-7-3-8-1-2-13-6-10(8)14-5-7/h1-3,5-6,9H,4,12H2,(H,15,16). The molecule has 0 spiro atoms. The zero-order valence-corrected chi connectivity index (χ0v) is 8.50. The van der Waals surface area contributed by atoms with Gasteiger partial charge >= 0.3 is 5.97 Å². The highest BCUT2D eigenvalue weighted by atomic mass is 16.4. The lowest BCUT2D eigenvalue weighted by Crippen LogP contribution is -2.32. The number of hydrogen-bond donors (Lipinski definition) is 2. The number of rotatable bonds is 3. The summed E-state index contributed by atoms with van der Waals surface area (Å²) in [6.07, 6.45) is 5.24. The van der Waals surface area contributed by atoms with Gasteiger partial charge in [0.15, 0.2) is 0 Å². The molecule has 0 aliphatic rings. The van der Waals surface area contributed by atoms with E-state index in [0.29, 0.717) is 0 Å². The maximum atomic E-state index is 10.6. The first-order valence-corrected chi connectivity index (χ1v) is 4.84. The van der Waals surface area contributed by atoms with Crippen LogP contribution in [0.15, 0.2) is 30.7 Å². The average Bonchev–Trinajstić information content (AvgIpc) is 2.28. The summed E-state index contributed by atoms with van der Waals surface area (Å²) in [5.41, 5.74) is 7.05. The predicted octanol–water partition coefficient (Wildman–Crippen LogP) is 0.584. The maximum absolute atomic E-state index is 10.6. The summed E-state index contributed by atoms with van der Waals surface area (Å²) < 4.78 is 0. The first kappa shape index (κ1) is 10.5. The van der Waals surface area contributed by atoms with Crippen molar-refractivity contribution >= 4 is 16.9 Å². The summed E-state index contributed by atoms with van der Waals surface area (Å²) in [5.74, 6) is -1.00. The summed E-state index contributed by atoms with van der Waals surface area (Å²) in [7, 11) is 0. The zero-order chi connectivity index (χ0) is 11.5. The molecule has 5 heteroatoms. The number of carboxylic acid groups (broad SMARTS) is 1. The molecule has 0 amide bonds. The highest BCUT2D eigenvalue weighted by Crippen LogP contribution is 2.12. The summed E-state index contributed by atoms with van der Waals surface area (Å²) in [6.45, 7) is 0. The van der Waals surface area contributed by atoms with Gasteiger partial charge in [-0.25, -0.2) is 0 Å². The molecule has 1 unspecified atom stereocenters. The van der Waals surface area contributed by atoms with Crippen molar-refractivity contribution in [2.75, 3.05) is 0 Å². The van der Waals surface area contributed by atoms with Gasteiger partial charge in [0, 0.05) is 17.8 Å². The molecule has 3 N–H and O–H groups in total. The minimum Gasteiger partial charge on any atom is -0.480 e. The van der Waals surface area contributed by atoms with Crippen LogP contribution in [0.3, 0.4) is 0 Å². The molecule has 2 aromatic heterocycles. The average molecular weight is 217 g/mol. The van der Waals surface area contributed by atoms with Crippen molar-refractivity contribution in [2.45, 2.75) is 12.5 Å². The van der Waals surface area contributed by atoms with Gasteiger partial charge in [-0.05, 0) is 24.1 Å². The molecular formula is C11H11N3O2. The van der Waals surface area contributed by atoms with Gasteiger partial charge in [-0.15, -0.1) is 0 Å². The Hall–Kier alpha value is -2.01. The fourth-order valence-electron chi connectivity index (χ4n) is 1.47. The van der Waals surface area contributed by atoms with Crippen LogP contribution in [0.2, 0.25) is 0 Å². The van der Waals surface area contributed by atoms with Crippen molar-refractivity contribution < 1.29 is 9.90 Å². The second kappa shape index (κ2) is 4.24. The number of aliphatic carboxylic acids is 1. The largest absolute Gasteiger partial charge is 0.480 e. The number of nitrogens with two attached hydrogens (primary N) is 1. The fourth-order valence-corrected chi connectivity index (χ4v) is 1.47. The Morgan fingerprint density at radius 2 is 2.31 bits per heavy atom. The van der Waals surface area contributed by atoms with Crippen molar-refractivity contribution in [2.24, 2.45) is 5.73 Å². The number of carboxylic acids is 1. The zero-order valence-electron chi connectivity index (χ0n) is 8.50. The van der Waals surface area contributed by atoms with Crippen molar-refractivity contribution in [3.05, 3.63) is 36.3 Å². The normalized spacial score (nSPS) is 12.6. The van der Waals surface area contributed by atoms with Crippen molar-refractivity contribution in [3.63, 3.8) is 0 Å². The van der Waals surface area contributed by atoms with Crippen LogP contribution in [0.4, 0.5) is 0 Å². The van der Waals surface area contributed by atoms with Gasteiger partial charge in [-0.2, -0.15) is 0 Å². The minimum absolute atomic E-state index is 0.278. The van der Waals surface area contributed by atoms with E-state index in [1.54, 1.807) is 18.6 Å². The molecule has 0 fully saturated rings. The molecule has 2 heterocycles. The minimum atomic E-state index is -1.00. The molecule has 2 rings (SSSR count). The third-order valence-electron chi connectivity index (χ3n) is 2.32. The second-order valence-corrected chi connectivity index (χ2v) is 3.56. The van der Waals surface area contributed by atoms with Gasteiger partial charge < -0.3 is 10.8 Å². The fraction of sp³-hybridized carbons (Fsp3) is 0.182. The van der Waals surface area contributed by atoms with E-state index in [1.165, 1.54) is 0 Å². The van der Waals surface area contributed by atoms with Gasteiger partial charge in [0.2, 0.25) is 0 Å². The van der Waals surface area contributed by atoms with E-state index in [4.69, 9.17) is 10.8 Å². The Morgan fingerprint density at radius 3 is 3.06 bits per heavy atom. The molecule has 1 atom stereocenters. The van der Waals surface area contributed by atoms with Crippen LogP contribution < -0.4 is 5.73 Å². The number of hydrogen-bond acceptors (Lipinski definition) is 4. The van der Waals surface area contributed by atoms with Crippen LogP contribution in [0, 0.1) is 0 Å². The quantitative estimate of drug-likeness (QED) is 0.785. The van der Waals surface area contributed by atoms with E-state index < -0.39 is 12.0 Å². The van der Waals surface area contributed by atoms with E-state index in [-0.39, 0.29) is 6.42 Å². The van der Waals surface area contributed by atoms with Gasteiger partial charge in [-0.1, -0.05) is 0 Å². The van der Waals surface area contributed by atoms with E-state index >= 15 is 0 Å². The lowest BCUT2D eigenvalue weighted by atomic mass is 10.1. The highest BCUT2D eigenvalue weighted by molar-refractivity contribution is 5.78. The number of carbonyl (C=O) groups is 1. The highest BCUT2D eigenvalue weighted by Gasteiger charge is 2.12. The predicted molar refractivity (Wildman–Crippen MR) is 58.9 cm³/mol. The molecule has 0 saturated heterocycles. The summed E-state index contributed by atoms with van der Waals surface area (Å²) in [4.78, 5) is 18.7. The SMILES string of the molecule is NC(Cc1cnc2cnccc2c1)C(=O)O. The number of pyridine rings is 2. The molecule has 0 radical (unpaired) electrons.